The minimum Gasteiger partial charge on any atom is -0.491 e. The van der Waals surface area contributed by atoms with Crippen molar-refractivity contribution in [2.45, 2.75) is 139 Å². The normalized spacial score (nSPS) is 25.4. The lowest BCUT2D eigenvalue weighted by Crippen LogP contribution is -2.56. The molecule has 1 amide bonds. The number of fused-ring (bicyclic) bond motifs is 3. The summed E-state index contributed by atoms with van der Waals surface area (Å²) in [4.78, 5) is 41.3. The molecule has 388 valence electrons. The standard InChI is InChI=1S/C55H68N8O9S/c1-35(2)71-49-10-5-4-8-41(49)44-9-6-7-24-61(44)39-31-55(32-39)21-25-60(26-22-55)38-11-13-42(46(29-38)62-45-18-27-70-34-50(45)72-53-48(62)28-37-17-23-56-51(37)58-53)52(64)59-73(68,69)40-12-14-43(47(30-40)63(66)67)57-33-36-15-19-54(3,65)20-16-36/h4-5,8,10-14,17,23,28-30,35-36,39,44-45,50,57,65H,6-7,9,15-16,18-22,24-27,31-34H2,1-3H3,(H,56,58)(H,59,64)/t36?,44-,45-,50-,54?/m0/s1. The van der Waals surface area contributed by atoms with Gasteiger partial charge in [-0.05, 0) is 158 Å². The van der Waals surface area contributed by atoms with E-state index in [0.29, 0.717) is 74.0 Å². The molecule has 0 unspecified atom stereocenters. The minimum absolute atomic E-state index is 0.107. The van der Waals surface area contributed by atoms with Crippen LogP contribution in [-0.2, 0) is 14.8 Å². The highest BCUT2D eigenvalue weighted by Crippen LogP contribution is 2.55. The first-order valence-electron chi connectivity index (χ1n) is 26.4. The highest BCUT2D eigenvalue weighted by atomic mass is 32.2. The number of nitro benzene ring substituents is 1. The van der Waals surface area contributed by atoms with Crippen LogP contribution in [0, 0.1) is 21.4 Å². The number of pyridine rings is 1. The van der Waals surface area contributed by atoms with Crippen molar-refractivity contribution in [3.05, 3.63) is 100 Å². The summed E-state index contributed by atoms with van der Waals surface area (Å²) in [5.41, 5.74) is 3.42. The number of sulfonamides is 1. The summed E-state index contributed by atoms with van der Waals surface area (Å²) >= 11 is 0. The Morgan fingerprint density at radius 2 is 1.77 bits per heavy atom. The van der Waals surface area contributed by atoms with Crippen LogP contribution in [0.15, 0.2) is 83.9 Å². The molecule has 6 heterocycles. The summed E-state index contributed by atoms with van der Waals surface area (Å²) in [6, 6.07) is 22.3. The molecule has 2 aliphatic carbocycles. The zero-order chi connectivity index (χ0) is 50.6. The van der Waals surface area contributed by atoms with Crippen molar-refractivity contribution in [1.82, 2.24) is 19.6 Å². The number of anilines is 4. The number of carbonyl (C=O) groups is 1. The number of hydrogen-bond donors (Lipinski definition) is 4. The second kappa shape index (κ2) is 19.7. The van der Waals surface area contributed by atoms with E-state index in [-0.39, 0.29) is 34.7 Å². The number of aromatic nitrogens is 2. The first kappa shape index (κ1) is 49.3. The van der Waals surface area contributed by atoms with Crippen LogP contribution in [-0.4, -0.2) is 109 Å². The van der Waals surface area contributed by atoms with Gasteiger partial charge >= 0.3 is 0 Å². The van der Waals surface area contributed by atoms with Gasteiger partial charge in [-0.3, -0.25) is 19.8 Å². The van der Waals surface area contributed by atoms with Gasteiger partial charge in [-0.2, -0.15) is 4.98 Å². The predicted molar refractivity (Wildman–Crippen MR) is 280 cm³/mol. The van der Waals surface area contributed by atoms with Crippen LogP contribution in [0.25, 0.3) is 11.0 Å². The van der Waals surface area contributed by atoms with Crippen LogP contribution in [0.1, 0.15) is 120 Å². The first-order chi connectivity index (χ1) is 35.1. The molecular formula is C55H68N8O9S. The van der Waals surface area contributed by atoms with Crippen molar-refractivity contribution in [2.75, 3.05) is 54.5 Å². The fraction of sp³-hybridized carbons (Fsp3) is 0.527. The van der Waals surface area contributed by atoms with Gasteiger partial charge in [0.15, 0.2) is 0 Å². The van der Waals surface area contributed by atoms with Gasteiger partial charge < -0.3 is 39.4 Å². The SMILES string of the molecule is CC(C)Oc1ccccc1[C@@H]1CCCCN1C1CC2(CCN(c3ccc(C(=O)NS(=O)(=O)c4ccc(NCC5CCC(C)(O)CC5)c([N+](=O)[O-])c4)c(N4c5cc6cc[nH]c6nc5O[C@H]5COCC[C@@H]54)c3)CC2)C1. The van der Waals surface area contributed by atoms with E-state index in [1.807, 2.05) is 37.4 Å². The number of amides is 1. The number of ether oxygens (including phenoxy) is 3. The molecule has 3 atom stereocenters. The van der Waals surface area contributed by atoms with Crippen molar-refractivity contribution in [1.29, 1.82) is 0 Å². The maximum absolute atomic E-state index is 14.7. The zero-order valence-corrected chi connectivity index (χ0v) is 42.9. The monoisotopic (exact) mass is 1020 g/mol. The van der Waals surface area contributed by atoms with Gasteiger partial charge in [0.1, 0.15) is 28.9 Å². The number of hydrogen-bond acceptors (Lipinski definition) is 14. The molecule has 3 saturated heterocycles. The summed E-state index contributed by atoms with van der Waals surface area (Å²) < 4.78 is 49.4. The Morgan fingerprint density at radius 1 is 0.973 bits per heavy atom. The lowest BCUT2D eigenvalue weighted by atomic mass is 9.59. The number of aromatic amines is 1. The Labute approximate surface area is 427 Å². The summed E-state index contributed by atoms with van der Waals surface area (Å²) in [7, 11) is -4.62. The van der Waals surface area contributed by atoms with E-state index in [9.17, 15) is 28.4 Å². The number of piperidine rings is 2. The van der Waals surface area contributed by atoms with Crippen molar-refractivity contribution in [2.24, 2.45) is 11.3 Å². The number of H-pyrrole nitrogens is 1. The maximum atomic E-state index is 14.7. The van der Waals surface area contributed by atoms with E-state index in [4.69, 9.17) is 19.2 Å². The third-order valence-corrected chi connectivity index (χ3v) is 18.1. The molecule has 18 heteroatoms. The number of nitrogens with one attached hydrogen (secondary N) is 3. The average molecular weight is 1020 g/mol. The summed E-state index contributed by atoms with van der Waals surface area (Å²) in [6.45, 7) is 9.95. The van der Waals surface area contributed by atoms with E-state index in [1.54, 1.807) is 6.07 Å². The summed E-state index contributed by atoms with van der Waals surface area (Å²) in [6.07, 6.45) is 12.8. The molecule has 11 rings (SSSR count). The van der Waals surface area contributed by atoms with Gasteiger partial charge in [0.25, 0.3) is 21.6 Å². The smallest absolute Gasteiger partial charge is 0.293 e. The number of rotatable bonds is 13. The molecule has 5 fully saturated rings. The number of para-hydroxylation sites is 1. The molecular weight excluding hydrogens is 949 g/mol. The lowest BCUT2D eigenvalue weighted by Gasteiger charge is -2.57. The quantitative estimate of drug-likeness (QED) is 0.0641. The number of likely N-dealkylation sites (tertiary alicyclic amines) is 1. The summed E-state index contributed by atoms with van der Waals surface area (Å²) in [5, 5.41) is 26.8. The van der Waals surface area contributed by atoms with Gasteiger partial charge in [-0.25, -0.2) is 13.1 Å². The van der Waals surface area contributed by atoms with Crippen molar-refractivity contribution in [3.63, 3.8) is 0 Å². The van der Waals surface area contributed by atoms with Crippen LogP contribution in [0.2, 0.25) is 0 Å². The summed E-state index contributed by atoms with van der Waals surface area (Å²) in [5.74, 6) is 0.687. The fourth-order valence-corrected chi connectivity index (χ4v) is 13.7. The predicted octanol–water partition coefficient (Wildman–Crippen LogP) is 9.39. The largest absolute Gasteiger partial charge is 0.491 e. The number of aliphatic hydroxyl groups is 1. The third kappa shape index (κ3) is 9.95. The second-order valence-electron chi connectivity index (χ2n) is 22.1. The van der Waals surface area contributed by atoms with Crippen LogP contribution in [0.4, 0.5) is 28.4 Å². The van der Waals surface area contributed by atoms with Crippen LogP contribution in [0.3, 0.4) is 0 Å². The number of carbonyl (C=O) groups excluding carboxylic acids is 1. The average Bonchev–Trinajstić information content (AvgIpc) is 3.83. The van der Waals surface area contributed by atoms with Gasteiger partial charge in [-0.15, -0.1) is 0 Å². The topological polar surface area (TPSA) is 205 Å². The van der Waals surface area contributed by atoms with Gasteiger partial charge in [-0.1, -0.05) is 24.6 Å². The number of nitro groups is 1. The Morgan fingerprint density at radius 3 is 2.55 bits per heavy atom. The molecule has 1 spiro atoms. The van der Waals surface area contributed by atoms with E-state index in [1.165, 1.54) is 30.5 Å². The Kier molecular flexibility index (Phi) is 13.3. The van der Waals surface area contributed by atoms with Crippen LogP contribution >= 0.6 is 0 Å². The van der Waals surface area contributed by atoms with E-state index in [2.05, 4.69) is 67.8 Å². The number of nitrogens with zero attached hydrogens (tertiary/aromatic N) is 5. The van der Waals surface area contributed by atoms with Gasteiger partial charge in [0.2, 0.25) is 5.88 Å². The molecule has 2 saturated carbocycles. The Bertz CT molecular complexity index is 2970. The molecule has 4 N–H and O–H groups in total. The molecule has 17 nitrogen and oxygen atoms in total. The molecule has 5 aromatic rings. The van der Waals surface area contributed by atoms with Crippen molar-refractivity contribution >= 4 is 55.4 Å². The van der Waals surface area contributed by atoms with E-state index >= 15 is 0 Å². The van der Waals surface area contributed by atoms with Gasteiger partial charge in [0.05, 0.1) is 45.4 Å². The minimum atomic E-state index is -4.62. The highest BCUT2D eigenvalue weighted by molar-refractivity contribution is 7.90. The molecule has 0 bridgehead atoms. The van der Waals surface area contributed by atoms with Crippen molar-refractivity contribution < 1.29 is 37.5 Å². The van der Waals surface area contributed by atoms with E-state index in [0.717, 1.165) is 87.5 Å². The Hall–Kier alpha value is -5.95. The second-order valence-corrected chi connectivity index (χ2v) is 23.8. The zero-order valence-electron chi connectivity index (χ0n) is 42.1. The van der Waals surface area contributed by atoms with Crippen LogP contribution < -0.4 is 29.3 Å². The van der Waals surface area contributed by atoms with Crippen LogP contribution in [0.5, 0.6) is 11.6 Å². The molecule has 2 aromatic heterocycles. The molecule has 0 radical (unpaired) electrons. The highest BCUT2D eigenvalue weighted by Gasteiger charge is 2.50. The Balaban J connectivity index is 0.859. The molecule has 6 aliphatic rings. The lowest BCUT2D eigenvalue weighted by molar-refractivity contribution is -0.384. The first-order valence-corrected chi connectivity index (χ1v) is 27.8. The van der Waals surface area contributed by atoms with E-state index < -0.39 is 43.1 Å². The molecule has 3 aromatic carbocycles. The molecule has 4 aliphatic heterocycles. The maximum Gasteiger partial charge on any atom is 0.293 e. The third-order valence-electron chi connectivity index (χ3n) is 16.7. The fourth-order valence-electron chi connectivity index (χ4n) is 12.7. The van der Waals surface area contributed by atoms with Gasteiger partial charge in [0, 0.05) is 67.2 Å². The molecule has 73 heavy (non-hydrogen) atoms. The van der Waals surface area contributed by atoms with Crippen molar-refractivity contribution in [3.8, 4) is 11.6 Å². The number of benzene rings is 3.